The molecule has 1 aromatic heterocycles. The van der Waals surface area contributed by atoms with Crippen LogP contribution in [0.15, 0.2) is 65.2 Å². The van der Waals surface area contributed by atoms with Crippen molar-refractivity contribution in [3.63, 3.8) is 0 Å². The Morgan fingerprint density at radius 2 is 1.70 bits per heavy atom. The molecule has 0 saturated carbocycles. The SMILES string of the molecule is Cc1cc(NC(=O)COC(=O)c2ccccc2C(=O)N(C)Cc2ccccc2)no1. The van der Waals surface area contributed by atoms with Crippen LogP contribution in [0.4, 0.5) is 5.82 Å². The van der Waals surface area contributed by atoms with Gasteiger partial charge in [0.05, 0.1) is 11.1 Å². The van der Waals surface area contributed by atoms with Crippen LogP contribution in [0.1, 0.15) is 32.0 Å². The molecule has 30 heavy (non-hydrogen) atoms. The van der Waals surface area contributed by atoms with Crippen molar-refractivity contribution < 1.29 is 23.6 Å². The van der Waals surface area contributed by atoms with Crippen LogP contribution >= 0.6 is 0 Å². The molecule has 3 rings (SSSR count). The lowest BCUT2D eigenvalue weighted by molar-refractivity contribution is -0.119. The van der Waals surface area contributed by atoms with Crippen LogP contribution in [0.2, 0.25) is 0 Å². The topological polar surface area (TPSA) is 102 Å². The van der Waals surface area contributed by atoms with Crippen LogP contribution in [0.25, 0.3) is 0 Å². The second-order valence-corrected chi connectivity index (χ2v) is 6.64. The average Bonchev–Trinajstić information content (AvgIpc) is 3.16. The fraction of sp³-hybridized carbons (Fsp3) is 0.182. The molecule has 8 nitrogen and oxygen atoms in total. The van der Waals surface area contributed by atoms with Gasteiger partial charge in [-0.05, 0) is 24.6 Å². The standard InChI is InChI=1S/C22H21N3O5/c1-15-12-19(24-30-15)23-20(26)14-29-22(28)18-11-7-6-10-17(18)21(27)25(2)13-16-8-4-3-5-9-16/h3-12H,13-14H2,1-2H3,(H,23,24,26). The van der Waals surface area contributed by atoms with Gasteiger partial charge in [0.25, 0.3) is 11.8 Å². The van der Waals surface area contributed by atoms with E-state index in [1.54, 1.807) is 32.2 Å². The van der Waals surface area contributed by atoms with Gasteiger partial charge in [0, 0.05) is 19.7 Å². The zero-order chi connectivity index (χ0) is 21.5. The van der Waals surface area contributed by atoms with Crippen LogP contribution in [-0.2, 0) is 16.1 Å². The maximum atomic E-state index is 12.9. The number of aryl methyl sites for hydroxylation is 1. The number of aromatic nitrogens is 1. The van der Waals surface area contributed by atoms with Crippen LogP contribution in [0.5, 0.6) is 0 Å². The maximum Gasteiger partial charge on any atom is 0.339 e. The lowest BCUT2D eigenvalue weighted by Crippen LogP contribution is -2.28. The molecule has 0 saturated heterocycles. The second kappa shape index (κ2) is 9.51. The zero-order valence-corrected chi connectivity index (χ0v) is 16.6. The largest absolute Gasteiger partial charge is 0.452 e. The fourth-order valence-electron chi connectivity index (χ4n) is 2.80. The Balaban J connectivity index is 1.64. The van der Waals surface area contributed by atoms with Crippen molar-refractivity contribution in [2.24, 2.45) is 0 Å². The summed E-state index contributed by atoms with van der Waals surface area (Å²) in [6.07, 6.45) is 0. The molecule has 0 bridgehead atoms. The number of nitrogens with one attached hydrogen (secondary N) is 1. The Labute approximate surface area is 173 Å². The van der Waals surface area contributed by atoms with E-state index in [9.17, 15) is 14.4 Å². The predicted octanol–water partition coefficient (Wildman–Crippen LogP) is 3.05. The molecule has 0 atom stereocenters. The Bertz CT molecular complexity index is 1050. The van der Waals surface area contributed by atoms with Gasteiger partial charge in [-0.1, -0.05) is 47.6 Å². The number of carbonyl (C=O) groups excluding carboxylic acids is 3. The average molecular weight is 407 g/mol. The van der Waals surface area contributed by atoms with E-state index in [2.05, 4.69) is 10.5 Å². The Morgan fingerprint density at radius 1 is 1.03 bits per heavy atom. The van der Waals surface area contributed by atoms with E-state index >= 15 is 0 Å². The van der Waals surface area contributed by atoms with Gasteiger partial charge in [0.1, 0.15) is 5.76 Å². The highest BCUT2D eigenvalue weighted by Crippen LogP contribution is 2.15. The first kappa shape index (κ1) is 20.8. The summed E-state index contributed by atoms with van der Waals surface area (Å²) >= 11 is 0. The maximum absolute atomic E-state index is 12.9. The molecule has 0 unspecified atom stereocenters. The van der Waals surface area contributed by atoms with Crippen molar-refractivity contribution in [1.29, 1.82) is 0 Å². The summed E-state index contributed by atoms with van der Waals surface area (Å²) in [6, 6.07) is 17.4. The molecule has 0 aliphatic rings. The van der Waals surface area contributed by atoms with E-state index in [-0.39, 0.29) is 22.9 Å². The van der Waals surface area contributed by atoms with Gasteiger partial charge in [-0.3, -0.25) is 9.59 Å². The quantitative estimate of drug-likeness (QED) is 0.604. The number of hydrogen-bond acceptors (Lipinski definition) is 6. The number of esters is 1. The number of benzene rings is 2. The summed E-state index contributed by atoms with van der Waals surface area (Å²) in [5.74, 6) is -0.893. The molecule has 8 heteroatoms. The fourth-order valence-corrected chi connectivity index (χ4v) is 2.80. The van der Waals surface area contributed by atoms with E-state index < -0.39 is 18.5 Å². The molecule has 2 aromatic carbocycles. The molecule has 3 aromatic rings. The summed E-state index contributed by atoms with van der Waals surface area (Å²) in [5, 5.41) is 6.09. The highest BCUT2D eigenvalue weighted by atomic mass is 16.5. The van der Waals surface area contributed by atoms with Crippen molar-refractivity contribution in [2.45, 2.75) is 13.5 Å². The summed E-state index contributed by atoms with van der Waals surface area (Å²) < 4.78 is 9.93. The van der Waals surface area contributed by atoms with Gasteiger partial charge in [-0.2, -0.15) is 0 Å². The minimum Gasteiger partial charge on any atom is -0.452 e. The van der Waals surface area contributed by atoms with E-state index in [1.807, 2.05) is 30.3 Å². The lowest BCUT2D eigenvalue weighted by Gasteiger charge is -2.19. The van der Waals surface area contributed by atoms with Gasteiger partial charge in [0.2, 0.25) is 0 Å². The van der Waals surface area contributed by atoms with E-state index in [0.717, 1.165) is 5.56 Å². The van der Waals surface area contributed by atoms with E-state index in [1.165, 1.54) is 17.0 Å². The highest BCUT2D eigenvalue weighted by Gasteiger charge is 2.21. The molecule has 0 spiro atoms. The summed E-state index contributed by atoms with van der Waals surface area (Å²) in [4.78, 5) is 38.8. The minimum absolute atomic E-state index is 0.0903. The molecule has 154 valence electrons. The van der Waals surface area contributed by atoms with Crippen LogP contribution in [-0.4, -0.2) is 41.5 Å². The van der Waals surface area contributed by atoms with Gasteiger partial charge < -0.3 is 19.5 Å². The number of carbonyl (C=O) groups is 3. The number of rotatable bonds is 7. The molecule has 0 aliphatic heterocycles. The van der Waals surface area contributed by atoms with Crippen molar-refractivity contribution >= 4 is 23.6 Å². The molecular formula is C22H21N3O5. The molecule has 2 amide bonds. The molecule has 0 fully saturated rings. The zero-order valence-electron chi connectivity index (χ0n) is 16.6. The third kappa shape index (κ3) is 5.32. The Morgan fingerprint density at radius 3 is 2.37 bits per heavy atom. The first-order valence-corrected chi connectivity index (χ1v) is 9.23. The first-order chi connectivity index (χ1) is 14.4. The van der Waals surface area contributed by atoms with Crippen molar-refractivity contribution in [3.8, 4) is 0 Å². The monoisotopic (exact) mass is 407 g/mol. The summed E-state index contributed by atoms with van der Waals surface area (Å²) in [5.41, 5.74) is 1.26. The van der Waals surface area contributed by atoms with Crippen LogP contribution < -0.4 is 5.32 Å². The second-order valence-electron chi connectivity index (χ2n) is 6.64. The summed E-state index contributed by atoms with van der Waals surface area (Å²) in [7, 11) is 1.66. The van der Waals surface area contributed by atoms with Crippen LogP contribution in [0.3, 0.4) is 0 Å². The van der Waals surface area contributed by atoms with Crippen molar-refractivity contribution in [2.75, 3.05) is 19.0 Å². The predicted molar refractivity (Wildman–Crippen MR) is 109 cm³/mol. The molecule has 0 aliphatic carbocycles. The van der Waals surface area contributed by atoms with Gasteiger partial charge in [0.15, 0.2) is 12.4 Å². The highest BCUT2D eigenvalue weighted by molar-refractivity contribution is 6.05. The molecule has 1 N–H and O–H groups in total. The minimum atomic E-state index is -0.765. The molecule has 1 heterocycles. The third-order valence-electron chi connectivity index (χ3n) is 4.22. The number of hydrogen-bond donors (Lipinski definition) is 1. The van der Waals surface area contributed by atoms with Crippen molar-refractivity contribution in [3.05, 3.63) is 83.1 Å². The first-order valence-electron chi connectivity index (χ1n) is 9.23. The van der Waals surface area contributed by atoms with E-state index in [4.69, 9.17) is 9.26 Å². The number of anilines is 1. The smallest absolute Gasteiger partial charge is 0.339 e. The Hall–Kier alpha value is -3.94. The van der Waals surface area contributed by atoms with Gasteiger partial charge in [-0.15, -0.1) is 0 Å². The van der Waals surface area contributed by atoms with Crippen LogP contribution in [0, 0.1) is 6.92 Å². The number of ether oxygens (including phenoxy) is 1. The van der Waals surface area contributed by atoms with Gasteiger partial charge in [-0.25, -0.2) is 4.79 Å². The normalized spacial score (nSPS) is 10.3. The molecule has 0 radical (unpaired) electrons. The van der Waals surface area contributed by atoms with E-state index in [0.29, 0.717) is 12.3 Å². The third-order valence-corrected chi connectivity index (χ3v) is 4.22. The van der Waals surface area contributed by atoms with Gasteiger partial charge >= 0.3 is 5.97 Å². The molecular weight excluding hydrogens is 386 g/mol. The Kier molecular flexibility index (Phi) is 6.59. The summed E-state index contributed by atoms with van der Waals surface area (Å²) in [6.45, 7) is 1.56. The lowest BCUT2D eigenvalue weighted by atomic mass is 10.1. The van der Waals surface area contributed by atoms with Crippen molar-refractivity contribution in [1.82, 2.24) is 10.1 Å². The number of nitrogens with zero attached hydrogens (tertiary/aromatic N) is 2. The number of amides is 2.